The minimum absolute atomic E-state index is 0.348. The van der Waals surface area contributed by atoms with E-state index in [1.807, 2.05) is 6.92 Å². The van der Waals surface area contributed by atoms with Crippen molar-refractivity contribution >= 4 is 10.2 Å². The zero-order valence-electron chi connectivity index (χ0n) is 11.1. The van der Waals surface area contributed by atoms with Crippen LogP contribution in [0.15, 0.2) is 0 Å². The molecule has 1 fully saturated rings. The lowest BCUT2D eigenvalue weighted by Gasteiger charge is -2.40. The highest BCUT2D eigenvalue weighted by molar-refractivity contribution is 7.86. The fourth-order valence-corrected chi connectivity index (χ4v) is 4.14. The Labute approximate surface area is 105 Å². The van der Waals surface area contributed by atoms with Gasteiger partial charge in [0.05, 0.1) is 0 Å². The van der Waals surface area contributed by atoms with Gasteiger partial charge < -0.3 is 5.73 Å². The molecule has 1 aliphatic carbocycles. The standard InChI is InChI=1S/C11H25N3O2S/c1-4-9-14(17(15,16)13(2)3)11(10-12)7-5-6-8-11/h4-10,12H2,1-3H3. The van der Waals surface area contributed by atoms with E-state index in [0.717, 1.165) is 32.1 Å². The molecule has 0 aromatic carbocycles. The van der Waals surface area contributed by atoms with Gasteiger partial charge in [-0.1, -0.05) is 19.8 Å². The lowest BCUT2D eigenvalue weighted by molar-refractivity contribution is 0.187. The van der Waals surface area contributed by atoms with Gasteiger partial charge in [0.25, 0.3) is 10.2 Å². The Morgan fingerprint density at radius 3 is 2.12 bits per heavy atom. The van der Waals surface area contributed by atoms with Crippen molar-refractivity contribution in [3.63, 3.8) is 0 Å². The van der Waals surface area contributed by atoms with E-state index < -0.39 is 10.2 Å². The van der Waals surface area contributed by atoms with Crippen molar-refractivity contribution in [3.8, 4) is 0 Å². The largest absolute Gasteiger partial charge is 0.329 e. The fourth-order valence-electron chi connectivity index (χ4n) is 2.59. The van der Waals surface area contributed by atoms with E-state index in [4.69, 9.17) is 5.73 Å². The molecule has 0 amide bonds. The third kappa shape index (κ3) is 2.81. The summed E-state index contributed by atoms with van der Waals surface area (Å²) >= 11 is 0. The summed E-state index contributed by atoms with van der Waals surface area (Å²) in [4.78, 5) is 0. The van der Waals surface area contributed by atoms with Crippen LogP contribution in [-0.2, 0) is 10.2 Å². The first-order chi connectivity index (χ1) is 7.90. The molecule has 0 saturated heterocycles. The minimum atomic E-state index is -3.37. The summed E-state index contributed by atoms with van der Waals surface area (Å²) in [6.45, 7) is 2.97. The Morgan fingerprint density at radius 1 is 1.24 bits per heavy atom. The van der Waals surface area contributed by atoms with Crippen LogP contribution in [0.4, 0.5) is 0 Å². The number of rotatable bonds is 6. The number of hydrogen-bond donors (Lipinski definition) is 1. The molecule has 0 aliphatic heterocycles. The Hall–Kier alpha value is -0.170. The monoisotopic (exact) mass is 263 g/mol. The summed E-state index contributed by atoms with van der Waals surface area (Å²) in [5.74, 6) is 0. The van der Waals surface area contributed by atoms with Gasteiger partial charge in [-0.25, -0.2) is 0 Å². The quantitative estimate of drug-likeness (QED) is 0.770. The first kappa shape index (κ1) is 14.9. The van der Waals surface area contributed by atoms with Crippen LogP contribution in [0, 0.1) is 0 Å². The average Bonchev–Trinajstić information content (AvgIpc) is 2.75. The highest BCUT2D eigenvalue weighted by Gasteiger charge is 2.44. The van der Waals surface area contributed by atoms with Crippen molar-refractivity contribution < 1.29 is 8.42 Å². The second-order valence-corrected chi connectivity index (χ2v) is 7.06. The van der Waals surface area contributed by atoms with Crippen LogP contribution in [0.2, 0.25) is 0 Å². The third-order valence-electron chi connectivity index (χ3n) is 3.61. The Kier molecular flexibility index (Phi) is 4.95. The molecule has 1 aliphatic rings. The highest BCUT2D eigenvalue weighted by Crippen LogP contribution is 2.36. The smallest absolute Gasteiger partial charge is 0.282 e. The molecular weight excluding hydrogens is 238 g/mol. The van der Waals surface area contributed by atoms with Crippen LogP contribution in [0.3, 0.4) is 0 Å². The van der Waals surface area contributed by atoms with Crippen molar-refractivity contribution in [1.29, 1.82) is 0 Å². The molecule has 0 aromatic rings. The first-order valence-corrected chi connectivity index (χ1v) is 7.71. The van der Waals surface area contributed by atoms with Gasteiger partial charge in [-0.2, -0.15) is 17.0 Å². The van der Waals surface area contributed by atoms with Crippen molar-refractivity contribution in [2.75, 3.05) is 27.2 Å². The van der Waals surface area contributed by atoms with E-state index in [1.54, 1.807) is 18.4 Å². The molecule has 0 heterocycles. The van der Waals surface area contributed by atoms with E-state index >= 15 is 0 Å². The first-order valence-electron chi connectivity index (χ1n) is 6.31. The summed E-state index contributed by atoms with van der Waals surface area (Å²) in [5, 5.41) is 0. The van der Waals surface area contributed by atoms with Gasteiger partial charge in [0.1, 0.15) is 0 Å². The second-order valence-electron chi connectivity index (χ2n) is 5.00. The van der Waals surface area contributed by atoms with E-state index in [9.17, 15) is 8.42 Å². The van der Waals surface area contributed by atoms with E-state index in [-0.39, 0.29) is 5.54 Å². The lowest BCUT2D eigenvalue weighted by Crippen LogP contribution is -2.57. The predicted octanol–water partition coefficient (Wildman–Crippen LogP) is 0.776. The SMILES string of the molecule is CCCN(C1(CN)CCCC1)S(=O)(=O)N(C)C. The van der Waals surface area contributed by atoms with Crippen LogP contribution in [0.25, 0.3) is 0 Å². The zero-order chi connectivity index (χ0) is 13.1. The molecule has 0 radical (unpaired) electrons. The molecule has 0 bridgehead atoms. The molecule has 0 aromatic heterocycles. The fraction of sp³-hybridized carbons (Fsp3) is 1.00. The van der Waals surface area contributed by atoms with Crippen molar-refractivity contribution in [3.05, 3.63) is 0 Å². The maximum Gasteiger partial charge on any atom is 0.282 e. The van der Waals surface area contributed by atoms with Crippen LogP contribution in [0.1, 0.15) is 39.0 Å². The molecular formula is C11H25N3O2S. The van der Waals surface area contributed by atoms with Crippen molar-refractivity contribution in [1.82, 2.24) is 8.61 Å². The van der Waals surface area contributed by atoms with Gasteiger partial charge >= 0.3 is 0 Å². The second kappa shape index (κ2) is 5.65. The summed E-state index contributed by atoms with van der Waals surface area (Å²) in [5.41, 5.74) is 5.52. The molecule has 2 N–H and O–H groups in total. The van der Waals surface area contributed by atoms with Crippen LogP contribution < -0.4 is 5.73 Å². The highest BCUT2D eigenvalue weighted by atomic mass is 32.2. The Morgan fingerprint density at radius 2 is 1.76 bits per heavy atom. The van der Waals surface area contributed by atoms with Gasteiger partial charge in [0.15, 0.2) is 0 Å². The van der Waals surface area contributed by atoms with Crippen LogP contribution in [-0.4, -0.2) is 49.8 Å². The van der Waals surface area contributed by atoms with Gasteiger partial charge in [-0.05, 0) is 19.3 Å². The van der Waals surface area contributed by atoms with E-state index in [2.05, 4.69) is 0 Å². The summed E-state index contributed by atoms with van der Waals surface area (Å²) in [6.07, 6.45) is 4.72. The van der Waals surface area contributed by atoms with Gasteiger partial charge in [-0.3, -0.25) is 0 Å². The average molecular weight is 263 g/mol. The molecule has 0 unspecified atom stereocenters. The van der Waals surface area contributed by atoms with Crippen molar-refractivity contribution in [2.45, 2.75) is 44.6 Å². The van der Waals surface area contributed by atoms with Gasteiger partial charge in [0, 0.05) is 32.7 Å². The topological polar surface area (TPSA) is 66.6 Å². The molecule has 17 heavy (non-hydrogen) atoms. The third-order valence-corrected chi connectivity index (χ3v) is 5.66. The molecule has 1 rings (SSSR count). The summed E-state index contributed by atoms with van der Waals surface area (Å²) in [6, 6.07) is 0. The minimum Gasteiger partial charge on any atom is -0.329 e. The Bertz CT molecular complexity index is 335. The molecule has 6 heteroatoms. The molecule has 5 nitrogen and oxygen atoms in total. The normalized spacial score (nSPS) is 20.4. The maximum absolute atomic E-state index is 12.4. The molecule has 0 atom stereocenters. The number of hydrogen-bond acceptors (Lipinski definition) is 3. The zero-order valence-corrected chi connectivity index (χ0v) is 12.0. The lowest BCUT2D eigenvalue weighted by atomic mass is 9.98. The molecule has 1 saturated carbocycles. The maximum atomic E-state index is 12.4. The molecule has 102 valence electrons. The summed E-state index contributed by atoms with van der Waals surface area (Å²) in [7, 11) is -0.207. The van der Waals surface area contributed by atoms with Gasteiger partial charge in [0.2, 0.25) is 0 Å². The number of nitrogens with two attached hydrogens (primary N) is 1. The Balaban J connectivity index is 3.07. The van der Waals surface area contributed by atoms with Crippen LogP contribution >= 0.6 is 0 Å². The van der Waals surface area contributed by atoms with E-state index in [1.165, 1.54) is 4.31 Å². The van der Waals surface area contributed by atoms with Crippen molar-refractivity contribution in [2.24, 2.45) is 5.73 Å². The van der Waals surface area contributed by atoms with Crippen LogP contribution in [0.5, 0.6) is 0 Å². The predicted molar refractivity (Wildman–Crippen MR) is 69.9 cm³/mol. The van der Waals surface area contributed by atoms with Gasteiger partial charge in [-0.15, -0.1) is 0 Å². The van der Waals surface area contributed by atoms with E-state index in [0.29, 0.717) is 13.1 Å². The molecule has 0 spiro atoms. The summed E-state index contributed by atoms with van der Waals surface area (Å²) < 4.78 is 27.7. The number of nitrogens with zero attached hydrogens (tertiary/aromatic N) is 2.